The maximum absolute atomic E-state index is 11.6. The van der Waals surface area contributed by atoms with Crippen molar-refractivity contribution in [2.24, 2.45) is 0 Å². The molecule has 0 N–H and O–H groups in total. The molecule has 1 saturated heterocycles. The first-order chi connectivity index (χ1) is 8.68. The second-order valence-electron chi connectivity index (χ2n) is 4.18. The van der Waals surface area contributed by atoms with Gasteiger partial charge in [-0.3, -0.25) is 14.7 Å². The summed E-state index contributed by atoms with van der Waals surface area (Å²) < 4.78 is 4.49. The summed E-state index contributed by atoms with van der Waals surface area (Å²) in [6, 6.07) is 2.94. The Morgan fingerprint density at radius 3 is 2.78 bits per heavy atom. The van der Waals surface area contributed by atoms with Gasteiger partial charge in [-0.05, 0) is 23.8 Å². The fourth-order valence-corrected chi connectivity index (χ4v) is 2.31. The summed E-state index contributed by atoms with van der Waals surface area (Å²) in [6.07, 6.45) is 2.09. The van der Waals surface area contributed by atoms with Crippen molar-refractivity contribution in [1.29, 1.82) is 0 Å². The molecule has 8 heteroatoms. The lowest BCUT2D eigenvalue weighted by Gasteiger charge is -2.16. The highest BCUT2D eigenvalue weighted by Crippen LogP contribution is 2.31. The van der Waals surface area contributed by atoms with Gasteiger partial charge in [0.2, 0.25) is 0 Å². The minimum Gasteiger partial charge on any atom is -0.368 e. The Labute approximate surface area is 101 Å². The van der Waals surface area contributed by atoms with Crippen molar-refractivity contribution >= 4 is 22.4 Å². The van der Waals surface area contributed by atoms with Crippen molar-refractivity contribution in [3.63, 3.8) is 0 Å². The Bertz CT molecular complexity index is 618. The number of fused-ring (bicyclic) bond motifs is 1. The number of nitro groups is 1. The third-order valence-corrected chi connectivity index (χ3v) is 3.14. The first kappa shape index (κ1) is 10.8. The first-order valence-corrected chi connectivity index (χ1v) is 5.60. The minimum atomic E-state index is -0.571. The molecule has 0 spiro atoms. The summed E-state index contributed by atoms with van der Waals surface area (Å²) in [7, 11) is 0. The van der Waals surface area contributed by atoms with Crippen LogP contribution in [0.25, 0.3) is 11.0 Å². The Morgan fingerprint density at radius 1 is 1.39 bits per heavy atom. The van der Waals surface area contributed by atoms with Crippen molar-refractivity contribution in [3.8, 4) is 0 Å². The van der Waals surface area contributed by atoms with Crippen molar-refractivity contribution in [3.05, 3.63) is 27.5 Å². The molecule has 0 aliphatic carbocycles. The van der Waals surface area contributed by atoms with Gasteiger partial charge in [0.1, 0.15) is 0 Å². The number of anilines is 1. The molecule has 1 fully saturated rings. The van der Waals surface area contributed by atoms with Crippen LogP contribution in [0.3, 0.4) is 0 Å². The van der Waals surface area contributed by atoms with E-state index >= 15 is 0 Å². The van der Waals surface area contributed by atoms with Crippen LogP contribution in [-0.2, 0) is 0 Å². The van der Waals surface area contributed by atoms with Gasteiger partial charge in [-0.2, -0.15) is 0 Å². The van der Waals surface area contributed by atoms with Gasteiger partial charge in [0.25, 0.3) is 5.52 Å². The molecular formula is C10H10N4O4. The number of hydrogen-bond donors (Lipinski definition) is 0. The molecule has 0 saturated carbocycles. The van der Waals surface area contributed by atoms with Gasteiger partial charge < -0.3 is 10.1 Å². The number of hydrogen-bond acceptors (Lipinski definition) is 6. The number of rotatable bonds is 2. The van der Waals surface area contributed by atoms with Gasteiger partial charge in [0.05, 0.1) is 15.8 Å². The predicted molar refractivity (Wildman–Crippen MR) is 61.1 cm³/mol. The summed E-state index contributed by atoms with van der Waals surface area (Å²) in [5.41, 5.74) is 0.557. The van der Waals surface area contributed by atoms with E-state index in [4.69, 9.17) is 0 Å². The van der Waals surface area contributed by atoms with E-state index in [0.717, 1.165) is 25.9 Å². The molecule has 1 aliphatic heterocycles. The van der Waals surface area contributed by atoms with Crippen LogP contribution in [0, 0.1) is 15.3 Å². The van der Waals surface area contributed by atoms with Gasteiger partial charge in [0.15, 0.2) is 0 Å². The van der Waals surface area contributed by atoms with Gasteiger partial charge >= 0.3 is 11.2 Å². The third kappa shape index (κ3) is 1.45. The molecule has 1 aromatic heterocycles. The van der Waals surface area contributed by atoms with Crippen LogP contribution in [-0.4, -0.2) is 23.2 Å². The smallest absolute Gasteiger partial charge is 0.327 e. The molecule has 0 unspecified atom stereocenters. The average molecular weight is 250 g/mol. The van der Waals surface area contributed by atoms with E-state index in [1.165, 1.54) is 6.07 Å². The molecule has 8 nitrogen and oxygen atoms in total. The van der Waals surface area contributed by atoms with Crippen LogP contribution in [0.5, 0.6) is 0 Å². The van der Waals surface area contributed by atoms with E-state index in [-0.39, 0.29) is 21.6 Å². The van der Waals surface area contributed by atoms with E-state index in [0.29, 0.717) is 5.69 Å². The summed E-state index contributed by atoms with van der Waals surface area (Å²) in [5, 5.41) is 25.9. The molecule has 2 aromatic rings. The molecule has 2 heterocycles. The minimum absolute atomic E-state index is 0.000556. The maximum atomic E-state index is 11.6. The number of non-ortho nitro benzene ring substituents is 1. The lowest BCUT2D eigenvalue weighted by atomic mass is 10.2. The van der Waals surface area contributed by atoms with Gasteiger partial charge in [-0.15, -0.1) is 0 Å². The zero-order valence-corrected chi connectivity index (χ0v) is 9.40. The SMILES string of the molecule is O=[N+]([O-])c1ccc(N2CCCC2)c2c1no[n+]2[O-]. The fraction of sp³-hybridized carbons (Fsp3) is 0.400. The zero-order valence-electron chi connectivity index (χ0n) is 9.40. The highest BCUT2D eigenvalue weighted by Gasteiger charge is 2.29. The number of nitro benzene ring substituents is 1. The predicted octanol–water partition coefficient (Wildman–Crippen LogP) is 0.970. The Balaban J connectivity index is 2.24. The van der Waals surface area contributed by atoms with Crippen molar-refractivity contribution in [1.82, 2.24) is 5.16 Å². The Hall–Kier alpha value is -2.38. The van der Waals surface area contributed by atoms with Crippen LogP contribution in [0.1, 0.15) is 12.8 Å². The van der Waals surface area contributed by atoms with E-state index in [9.17, 15) is 15.3 Å². The molecule has 1 aromatic carbocycles. The first-order valence-electron chi connectivity index (χ1n) is 5.60. The highest BCUT2D eigenvalue weighted by molar-refractivity contribution is 5.91. The Kier molecular flexibility index (Phi) is 2.29. The average Bonchev–Trinajstić information content (AvgIpc) is 2.98. The zero-order chi connectivity index (χ0) is 12.7. The van der Waals surface area contributed by atoms with E-state index in [1.54, 1.807) is 6.07 Å². The quantitative estimate of drug-likeness (QED) is 0.447. The van der Waals surface area contributed by atoms with E-state index in [1.807, 2.05) is 4.90 Å². The molecule has 18 heavy (non-hydrogen) atoms. The molecule has 0 atom stereocenters. The number of benzene rings is 1. The second-order valence-corrected chi connectivity index (χ2v) is 4.18. The largest absolute Gasteiger partial charge is 0.368 e. The molecule has 0 bridgehead atoms. The third-order valence-electron chi connectivity index (χ3n) is 3.14. The van der Waals surface area contributed by atoms with E-state index in [2.05, 4.69) is 9.79 Å². The van der Waals surface area contributed by atoms with Crippen molar-refractivity contribution in [2.45, 2.75) is 12.8 Å². The maximum Gasteiger partial charge on any atom is 0.327 e. The van der Waals surface area contributed by atoms with Crippen LogP contribution in [0.2, 0.25) is 0 Å². The molecule has 0 radical (unpaired) electrons. The van der Waals surface area contributed by atoms with Gasteiger partial charge in [-0.25, -0.2) is 0 Å². The molecular weight excluding hydrogens is 240 g/mol. The van der Waals surface area contributed by atoms with Crippen LogP contribution in [0.15, 0.2) is 16.8 Å². The second kappa shape index (κ2) is 3.83. The summed E-state index contributed by atoms with van der Waals surface area (Å²) >= 11 is 0. The number of nitrogens with zero attached hydrogens (tertiary/aromatic N) is 4. The van der Waals surface area contributed by atoms with E-state index < -0.39 is 4.92 Å². The molecule has 3 rings (SSSR count). The van der Waals surface area contributed by atoms with Crippen LogP contribution < -0.4 is 9.80 Å². The topological polar surface area (TPSA) is 99.3 Å². The van der Waals surface area contributed by atoms with Gasteiger partial charge in [-0.1, -0.05) is 0 Å². The lowest BCUT2D eigenvalue weighted by Crippen LogP contribution is -2.27. The monoisotopic (exact) mass is 250 g/mol. The van der Waals surface area contributed by atoms with Crippen LogP contribution in [0.4, 0.5) is 11.4 Å². The van der Waals surface area contributed by atoms with Crippen molar-refractivity contribution in [2.75, 3.05) is 18.0 Å². The molecule has 0 amide bonds. The number of aromatic nitrogens is 2. The highest BCUT2D eigenvalue weighted by atomic mass is 16.8. The summed E-state index contributed by atoms with van der Waals surface area (Å²) in [4.78, 5) is 12.5. The Morgan fingerprint density at radius 2 is 2.11 bits per heavy atom. The molecule has 1 aliphatic rings. The van der Waals surface area contributed by atoms with Crippen LogP contribution >= 0.6 is 0 Å². The normalized spacial score (nSPS) is 15.4. The molecule has 94 valence electrons. The summed E-state index contributed by atoms with van der Waals surface area (Å²) in [6.45, 7) is 1.66. The van der Waals surface area contributed by atoms with Crippen molar-refractivity contribution < 1.29 is 14.5 Å². The lowest BCUT2D eigenvalue weighted by molar-refractivity contribution is -0.782. The fourth-order valence-electron chi connectivity index (χ4n) is 2.31. The summed E-state index contributed by atoms with van der Waals surface area (Å²) in [5.74, 6) is 0. The standard InChI is InChI=1S/C10H10N4O4/c15-13(16)7-3-4-8(12-5-1-2-6-12)10-9(7)11-18-14(10)17/h3-4H,1-2,5-6H2. The van der Waals surface area contributed by atoms with Gasteiger partial charge in [0, 0.05) is 19.2 Å².